The molecular formula is C15H15N3O3. The van der Waals surface area contributed by atoms with Crippen molar-refractivity contribution in [1.29, 1.82) is 5.26 Å². The Labute approximate surface area is 122 Å². The first-order valence-corrected chi connectivity index (χ1v) is 6.39. The molecule has 0 fully saturated rings. The summed E-state index contributed by atoms with van der Waals surface area (Å²) in [7, 11) is 0. The summed E-state index contributed by atoms with van der Waals surface area (Å²) in [4.78, 5) is 14.0. The van der Waals surface area contributed by atoms with Gasteiger partial charge < -0.3 is 20.2 Å². The second-order valence-corrected chi connectivity index (χ2v) is 4.49. The Hall–Kier alpha value is -2.94. The van der Waals surface area contributed by atoms with Gasteiger partial charge in [-0.05, 0) is 30.3 Å². The minimum absolute atomic E-state index is 0.0363. The predicted octanol–water partition coefficient (Wildman–Crippen LogP) is 2.12. The molecule has 1 amide bonds. The summed E-state index contributed by atoms with van der Waals surface area (Å²) in [5, 5.41) is 18.2. The number of nitrogen functional groups attached to an aromatic ring is 1. The van der Waals surface area contributed by atoms with Crippen LogP contribution in [0.3, 0.4) is 0 Å². The number of anilines is 1. The Morgan fingerprint density at radius 2 is 2.24 bits per heavy atom. The molecule has 6 nitrogen and oxygen atoms in total. The van der Waals surface area contributed by atoms with Gasteiger partial charge in [0, 0.05) is 12.2 Å². The van der Waals surface area contributed by atoms with Gasteiger partial charge in [0.15, 0.2) is 0 Å². The molecule has 108 valence electrons. The smallest absolute Gasteiger partial charge is 0.256 e. The van der Waals surface area contributed by atoms with Gasteiger partial charge in [0.1, 0.15) is 11.5 Å². The number of carbonyl (C=O) groups excluding carboxylic acids is 1. The number of nitrogens with zero attached hydrogens (tertiary/aromatic N) is 2. The number of phenols is 1. The van der Waals surface area contributed by atoms with Gasteiger partial charge in [0.25, 0.3) is 5.91 Å². The molecule has 0 saturated carbocycles. The molecular weight excluding hydrogens is 270 g/mol. The maximum atomic E-state index is 12.5. The van der Waals surface area contributed by atoms with Crippen molar-refractivity contribution in [2.45, 2.75) is 13.0 Å². The molecule has 0 aliphatic carbocycles. The molecule has 0 atom stereocenters. The van der Waals surface area contributed by atoms with E-state index in [4.69, 9.17) is 15.4 Å². The summed E-state index contributed by atoms with van der Waals surface area (Å²) >= 11 is 0. The van der Waals surface area contributed by atoms with Crippen molar-refractivity contribution in [2.24, 2.45) is 0 Å². The van der Waals surface area contributed by atoms with E-state index in [0.29, 0.717) is 5.76 Å². The number of hydrogen-bond acceptors (Lipinski definition) is 5. The topological polar surface area (TPSA) is 103 Å². The lowest BCUT2D eigenvalue weighted by Crippen LogP contribution is -2.31. The van der Waals surface area contributed by atoms with Gasteiger partial charge in [0.05, 0.1) is 30.9 Å². The Kier molecular flexibility index (Phi) is 4.46. The molecule has 6 heteroatoms. The van der Waals surface area contributed by atoms with Crippen LogP contribution in [0.15, 0.2) is 41.0 Å². The molecule has 3 N–H and O–H groups in total. The largest absolute Gasteiger partial charge is 0.508 e. The van der Waals surface area contributed by atoms with Crippen LogP contribution in [0.1, 0.15) is 22.5 Å². The molecule has 0 saturated heterocycles. The fourth-order valence-corrected chi connectivity index (χ4v) is 1.93. The highest BCUT2D eigenvalue weighted by Crippen LogP contribution is 2.21. The zero-order valence-electron chi connectivity index (χ0n) is 11.3. The average Bonchev–Trinajstić information content (AvgIpc) is 2.98. The van der Waals surface area contributed by atoms with Gasteiger partial charge in [0.2, 0.25) is 0 Å². The quantitative estimate of drug-likeness (QED) is 0.647. The summed E-state index contributed by atoms with van der Waals surface area (Å²) in [5.74, 6) is 0.223. The second kappa shape index (κ2) is 6.48. The van der Waals surface area contributed by atoms with Crippen molar-refractivity contribution in [3.63, 3.8) is 0 Å². The Bertz CT molecular complexity index is 659. The lowest BCUT2D eigenvalue weighted by Gasteiger charge is -2.21. The van der Waals surface area contributed by atoms with Crippen molar-refractivity contribution in [2.75, 3.05) is 12.3 Å². The highest BCUT2D eigenvalue weighted by atomic mass is 16.3. The van der Waals surface area contributed by atoms with E-state index in [0.717, 1.165) is 0 Å². The fraction of sp³-hybridized carbons (Fsp3) is 0.200. The molecule has 0 aliphatic rings. The van der Waals surface area contributed by atoms with Gasteiger partial charge in [-0.3, -0.25) is 4.79 Å². The van der Waals surface area contributed by atoms with Gasteiger partial charge in [-0.25, -0.2) is 0 Å². The number of hydrogen-bond donors (Lipinski definition) is 2. The van der Waals surface area contributed by atoms with Crippen LogP contribution in [-0.4, -0.2) is 22.5 Å². The summed E-state index contributed by atoms with van der Waals surface area (Å²) < 4.78 is 5.23. The number of rotatable bonds is 5. The van der Waals surface area contributed by atoms with Gasteiger partial charge in [-0.1, -0.05) is 0 Å². The number of nitrogens with two attached hydrogens (primary N) is 1. The monoisotopic (exact) mass is 285 g/mol. The number of furan rings is 1. The van der Waals surface area contributed by atoms with Crippen LogP contribution < -0.4 is 5.73 Å². The van der Waals surface area contributed by atoms with Crippen molar-refractivity contribution < 1.29 is 14.3 Å². The van der Waals surface area contributed by atoms with E-state index in [1.807, 2.05) is 6.07 Å². The first-order chi connectivity index (χ1) is 10.1. The number of carbonyl (C=O) groups is 1. The third kappa shape index (κ3) is 3.54. The normalized spacial score (nSPS) is 10.0. The molecule has 0 bridgehead atoms. The first-order valence-electron chi connectivity index (χ1n) is 6.39. The highest BCUT2D eigenvalue weighted by molar-refractivity contribution is 5.99. The Morgan fingerprint density at radius 3 is 2.90 bits per heavy atom. The Balaban J connectivity index is 2.24. The SMILES string of the molecule is N#CCCN(Cc1ccco1)C(=O)c1cc(O)ccc1N. The van der Waals surface area contributed by atoms with Crippen LogP contribution in [0.25, 0.3) is 0 Å². The number of benzene rings is 1. The molecule has 0 aliphatic heterocycles. The number of aromatic hydroxyl groups is 1. The van der Waals surface area contributed by atoms with Crippen LogP contribution in [0.5, 0.6) is 5.75 Å². The molecule has 2 rings (SSSR count). The van der Waals surface area contributed by atoms with E-state index in [2.05, 4.69) is 0 Å². The molecule has 0 unspecified atom stereocenters. The fourth-order valence-electron chi connectivity index (χ4n) is 1.93. The van der Waals surface area contributed by atoms with Crippen LogP contribution in [0.4, 0.5) is 5.69 Å². The minimum atomic E-state index is -0.352. The minimum Gasteiger partial charge on any atom is -0.508 e. The maximum absolute atomic E-state index is 12.5. The van der Waals surface area contributed by atoms with E-state index in [1.165, 1.54) is 29.4 Å². The van der Waals surface area contributed by atoms with Gasteiger partial charge in [-0.2, -0.15) is 5.26 Å². The summed E-state index contributed by atoms with van der Waals surface area (Å²) in [6.45, 7) is 0.494. The second-order valence-electron chi connectivity index (χ2n) is 4.49. The lowest BCUT2D eigenvalue weighted by molar-refractivity contribution is 0.0736. The van der Waals surface area contributed by atoms with Crippen LogP contribution in [-0.2, 0) is 6.54 Å². The molecule has 21 heavy (non-hydrogen) atoms. The van der Waals surface area contributed by atoms with E-state index >= 15 is 0 Å². The van der Waals surface area contributed by atoms with E-state index in [1.54, 1.807) is 12.1 Å². The zero-order chi connectivity index (χ0) is 15.2. The first kappa shape index (κ1) is 14.5. The van der Waals surface area contributed by atoms with Gasteiger partial charge in [-0.15, -0.1) is 0 Å². The molecule has 1 aromatic carbocycles. The molecule has 1 aromatic heterocycles. The highest BCUT2D eigenvalue weighted by Gasteiger charge is 2.19. The van der Waals surface area contributed by atoms with Crippen molar-refractivity contribution in [1.82, 2.24) is 4.90 Å². The van der Waals surface area contributed by atoms with Gasteiger partial charge >= 0.3 is 0 Å². The lowest BCUT2D eigenvalue weighted by atomic mass is 10.1. The summed E-state index contributed by atoms with van der Waals surface area (Å²) in [6.07, 6.45) is 1.72. The molecule has 1 heterocycles. The van der Waals surface area contributed by atoms with Crippen molar-refractivity contribution in [3.05, 3.63) is 47.9 Å². The van der Waals surface area contributed by atoms with Crippen LogP contribution in [0.2, 0.25) is 0 Å². The maximum Gasteiger partial charge on any atom is 0.256 e. The standard InChI is InChI=1S/C15H15N3O3/c16-6-2-7-18(10-12-3-1-8-21-12)15(20)13-9-11(19)4-5-14(13)17/h1,3-5,8-9,19H,2,7,10,17H2. The zero-order valence-corrected chi connectivity index (χ0v) is 11.3. The predicted molar refractivity (Wildman–Crippen MR) is 76.2 cm³/mol. The van der Waals surface area contributed by atoms with Crippen molar-refractivity contribution in [3.8, 4) is 11.8 Å². The molecule has 2 aromatic rings. The van der Waals surface area contributed by atoms with Crippen molar-refractivity contribution >= 4 is 11.6 Å². The third-order valence-electron chi connectivity index (χ3n) is 2.97. The third-order valence-corrected chi connectivity index (χ3v) is 2.97. The molecule has 0 spiro atoms. The number of amides is 1. The van der Waals surface area contributed by atoms with Crippen LogP contribution in [0, 0.1) is 11.3 Å². The van der Waals surface area contributed by atoms with Crippen LogP contribution >= 0.6 is 0 Å². The summed E-state index contributed by atoms with van der Waals surface area (Å²) in [6, 6.07) is 9.68. The average molecular weight is 285 g/mol. The van der Waals surface area contributed by atoms with E-state index in [9.17, 15) is 9.90 Å². The Morgan fingerprint density at radius 1 is 1.43 bits per heavy atom. The summed E-state index contributed by atoms with van der Waals surface area (Å²) in [5.41, 5.74) is 6.27. The van der Waals surface area contributed by atoms with E-state index < -0.39 is 0 Å². The molecule has 0 radical (unpaired) electrons. The number of phenolic OH excluding ortho intramolecular Hbond substituents is 1. The van der Waals surface area contributed by atoms with E-state index in [-0.39, 0.29) is 42.4 Å². The number of nitriles is 1.